The van der Waals surface area contributed by atoms with Crippen molar-refractivity contribution >= 4 is 17.8 Å². The third-order valence-corrected chi connectivity index (χ3v) is 10.1. The number of fused-ring (bicyclic) bond motifs is 2. The van der Waals surface area contributed by atoms with Crippen LogP contribution < -0.4 is 20.1 Å². The molecule has 5 rings (SSSR count). The molecule has 2 N–H and O–H groups in total. The summed E-state index contributed by atoms with van der Waals surface area (Å²) >= 11 is 0. The van der Waals surface area contributed by atoms with Gasteiger partial charge in [0.2, 0.25) is 5.91 Å². The summed E-state index contributed by atoms with van der Waals surface area (Å²) in [5, 5.41) is 6.38. The van der Waals surface area contributed by atoms with Crippen molar-refractivity contribution < 1.29 is 33.0 Å². The van der Waals surface area contributed by atoms with E-state index in [4.69, 9.17) is 14.2 Å². The maximum Gasteiger partial charge on any atom is 0.309 e. The van der Waals surface area contributed by atoms with Crippen molar-refractivity contribution in [2.24, 2.45) is 29.1 Å². The zero-order chi connectivity index (χ0) is 31.8. The second kappa shape index (κ2) is 12.9. The molecule has 4 unspecified atom stereocenters. The lowest BCUT2D eigenvalue weighted by Gasteiger charge is -2.39. The van der Waals surface area contributed by atoms with E-state index in [1.54, 1.807) is 0 Å². The molecule has 2 bridgehead atoms. The van der Waals surface area contributed by atoms with Crippen LogP contribution in [0.5, 0.6) is 11.5 Å². The molecule has 0 spiro atoms. The summed E-state index contributed by atoms with van der Waals surface area (Å²) in [6, 6.07) is 2.38. The van der Waals surface area contributed by atoms with Crippen molar-refractivity contribution in [2.45, 2.75) is 130 Å². The molecule has 4 aliphatic rings. The fourth-order valence-corrected chi connectivity index (χ4v) is 7.62. The van der Waals surface area contributed by atoms with Crippen LogP contribution in [0.1, 0.15) is 116 Å². The number of rotatable bonds is 10. The minimum absolute atomic E-state index is 0.0112. The van der Waals surface area contributed by atoms with Gasteiger partial charge in [-0.15, -0.1) is 0 Å². The smallest absolute Gasteiger partial charge is 0.309 e. The zero-order valence-corrected chi connectivity index (χ0v) is 27.3. The Hall–Kier alpha value is -2.84. The molecule has 4 fully saturated rings. The van der Waals surface area contributed by atoms with Crippen LogP contribution in [0.15, 0.2) is 12.1 Å². The first-order valence-corrected chi connectivity index (χ1v) is 16.7. The first-order chi connectivity index (χ1) is 20.7. The van der Waals surface area contributed by atoms with Crippen molar-refractivity contribution in [1.82, 2.24) is 10.6 Å². The van der Waals surface area contributed by atoms with E-state index < -0.39 is 11.4 Å². The van der Waals surface area contributed by atoms with Crippen molar-refractivity contribution in [3.05, 3.63) is 23.5 Å². The van der Waals surface area contributed by atoms with Crippen LogP contribution in [-0.2, 0) is 14.3 Å². The maximum atomic E-state index is 15.3. The Labute approximate surface area is 261 Å². The van der Waals surface area contributed by atoms with Gasteiger partial charge in [0.15, 0.2) is 11.6 Å². The summed E-state index contributed by atoms with van der Waals surface area (Å²) in [4.78, 5) is 39.8. The van der Waals surface area contributed by atoms with Gasteiger partial charge in [-0.3, -0.25) is 14.4 Å². The van der Waals surface area contributed by atoms with Gasteiger partial charge >= 0.3 is 5.97 Å². The normalized spacial score (nSPS) is 29.1. The van der Waals surface area contributed by atoms with Gasteiger partial charge in [-0.1, -0.05) is 13.3 Å². The first-order valence-electron chi connectivity index (χ1n) is 16.7. The number of nitrogens with one attached hydrogen (secondary N) is 2. The SMILES string of the molecule is CC(C)Oc1cc(F)c(OC2CCC(C(=O)OC(C)(C)C)CC2)cc1C(=O)NC1C2CCC(C2)C1C(=O)NCC1(C)CCC1. The molecule has 1 aromatic carbocycles. The molecule has 4 aliphatic carbocycles. The molecule has 0 saturated heterocycles. The molecule has 4 atom stereocenters. The molecule has 44 heavy (non-hydrogen) atoms. The molecule has 244 valence electrons. The van der Waals surface area contributed by atoms with E-state index in [1.807, 2.05) is 34.6 Å². The van der Waals surface area contributed by atoms with Crippen LogP contribution in [0.2, 0.25) is 0 Å². The van der Waals surface area contributed by atoms with Crippen LogP contribution in [0.3, 0.4) is 0 Å². The fraction of sp³-hybridized carbons (Fsp3) is 0.743. The molecule has 8 nitrogen and oxygen atoms in total. The van der Waals surface area contributed by atoms with Crippen LogP contribution in [0.4, 0.5) is 4.39 Å². The Morgan fingerprint density at radius 1 is 1.00 bits per heavy atom. The standard InChI is InChI=1S/C35H51FN2O6/c1-20(2)42-27-18-26(36)28(43-24-12-10-21(11-13-24)33(41)44-34(3,4)5)17-25(27)31(39)38-30-23-9-8-22(16-23)29(30)32(40)37-19-35(6)14-7-15-35/h17-18,20-24,29-30H,7-16,19H2,1-6H3,(H,37,40)(H,38,39). The predicted molar refractivity (Wildman–Crippen MR) is 165 cm³/mol. The highest BCUT2D eigenvalue weighted by Crippen LogP contribution is 2.49. The second-order valence-corrected chi connectivity index (χ2v) is 15.3. The molecular weight excluding hydrogens is 563 g/mol. The number of amides is 2. The second-order valence-electron chi connectivity index (χ2n) is 15.3. The molecule has 0 heterocycles. The highest BCUT2D eigenvalue weighted by atomic mass is 19.1. The van der Waals surface area contributed by atoms with E-state index in [1.165, 1.54) is 18.6 Å². The van der Waals surface area contributed by atoms with Crippen molar-refractivity contribution in [1.29, 1.82) is 0 Å². The monoisotopic (exact) mass is 614 g/mol. The molecule has 1 aromatic rings. The third-order valence-electron chi connectivity index (χ3n) is 10.1. The highest BCUT2D eigenvalue weighted by Gasteiger charge is 2.51. The molecular formula is C35H51FN2O6. The van der Waals surface area contributed by atoms with E-state index in [-0.39, 0.29) is 82.2 Å². The largest absolute Gasteiger partial charge is 0.490 e. The van der Waals surface area contributed by atoms with Crippen LogP contribution in [0.25, 0.3) is 0 Å². The highest BCUT2D eigenvalue weighted by molar-refractivity contribution is 5.98. The molecule has 0 aromatic heterocycles. The summed E-state index contributed by atoms with van der Waals surface area (Å²) in [7, 11) is 0. The quantitative estimate of drug-likeness (QED) is 0.298. The Morgan fingerprint density at radius 2 is 1.68 bits per heavy atom. The van der Waals surface area contributed by atoms with E-state index in [0.717, 1.165) is 32.1 Å². The van der Waals surface area contributed by atoms with Gasteiger partial charge in [0.25, 0.3) is 5.91 Å². The topological polar surface area (TPSA) is 103 Å². The number of carbonyl (C=O) groups excluding carboxylic acids is 3. The number of halogens is 1. The molecule has 0 radical (unpaired) electrons. The molecule has 2 amide bonds. The average Bonchev–Trinajstić information content (AvgIpc) is 3.53. The lowest BCUT2D eigenvalue weighted by atomic mass is 9.70. The minimum Gasteiger partial charge on any atom is -0.490 e. The minimum atomic E-state index is -0.604. The van der Waals surface area contributed by atoms with Gasteiger partial charge in [-0.05, 0) is 116 Å². The van der Waals surface area contributed by atoms with Gasteiger partial charge in [-0.25, -0.2) is 4.39 Å². The lowest BCUT2D eigenvalue weighted by molar-refractivity contribution is -0.161. The van der Waals surface area contributed by atoms with Gasteiger partial charge in [-0.2, -0.15) is 0 Å². The van der Waals surface area contributed by atoms with Crippen LogP contribution >= 0.6 is 0 Å². The predicted octanol–water partition coefficient (Wildman–Crippen LogP) is 6.34. The molecule has 0 aliphatic heterocycles. The number of esters is 1. The summed E-state index contributed by atoms with van der Waals surface area (Å²) < 4.78 is 32.9. The van der Waals surface area contributed by atoms with Gasteiger partial charge in [0.05, 0.1) is 29.6 Å². The molecule has 4 saturated carbocycles. The summed E-state index contributed by atoms with van der Waals surface area (Å²) in [5.41, 5.74) is -0.170. The van der Waals surface area contributed by atoms with Crippen LogP contribution in [-0.4, -0.2) is 48.2 Å². The number of hydrogen-bond donors (Lipinski definition) is 2. The van der Waals surface area contributed by atoms with E-state index >= 15 is 4.39 Å². The zero-order valence-electron chi connectivity index (χ0n) is 27.3. The van der Waals surface area contributed by atoms with Crippen LogP contribution in [0, 0.1) is 34.9 Å². The lowest BCUT2D eigenvalue weighted by Crippen LogP contribution is -2.51. The van der Waals surface area contributed by atoms with E-state index in [0.29, 0.717) is 32.2 Å². The Kier molecular flexibility index (Phi) is 9.53. The van der Waals surface area contributed by atoms with E-state index in [9.17, 15) is 14.4 Å². The number of benzene rings is 1. The van der Waals surface area contributed by atoms with Gasteiger partial charge in [0.1, 0.15) is 11.4 Å². The Bertz CT molecular complexity index is 1230. The maximum absolute atomic E-state index is 15.3. The average molecular weight is 615 g/mol. The Morgan fingerprint density at radius 3 is 2.30 bits per heavy atom. The van der Waals surface area contributed by atoms with Crippen molar-refractivity contribution in [3.63, 3.8) is 0 Å². The number of ether oxygens (including phenoxy) is 3. The van der Waals surface area contributed by atoms with Crippen molar-refractivity contribution in [2.75, 3.05) is 6.54 Å². The number of carbonyl (C=O) groups is 3. The summed E-state index contributed by atoms with van der Waals surface area (Å²) in [6.45, 7) is 12.1. The van der Waals surface area contributed by atoms with Crippen molar-refractivity contribution in [3.8, 4) is 11.5 Å². The molecule has 9 heteroatoms. The number of hydrogen-bond acceptors (Lipinski definition) is 6. The summed E-state index contributed by atoms with van der Waals surface area (Å²) in [5.74, 6) is -1.01. The van der Waals surface area contributed by atoms with E-state index in [2.05, 4.69) is 17.6 Å². The van der Waals surface area contributed by atoms with Gasteiger partial charge in [0, 0.05) is 18.7 Å². The first kappa shape index (κ1) is 32.6. The third kappa shape index (κ3) is 7.51. The Balaban J connectivity index is 1.28. The summed E-state index contributed by atoms with van der Waals surface area (Å²) in [6.07, 6.45) is 8.16. The van der Waals surface area contributed by atoms with Gasteiger partial charge < -0.3 is 24.8 Å². The fourth-order valence-electron chi connectivity index (χ4n) is 7.62.